The van der Waals surface area contributed by atoms with Crippen molar-refractivity contribution in [2.24, 2.45) is 17.1 Å². The number of nitrogens with two attached hydrogens (primary N) is 1. The van der Waals surface area contributed by atoms with Gasteiger partial charge in [-0.1, -0.05) is 6.42 Å². The topological polar surface area (TPSA) is 46.3 Å². The lowest BCUT2D eigenvalue weighted by molar-refractivity contribution is 0.275. The molecule has 1 aliphatic carbocycles. The van der Waals surface area contributed by atoms with Gasteiger partial charge in [-0.15, -0.1) is 0 Å². The Morgan fingerprint density at radius 3 is 3.00 bits per heavy atom. The third kappa shape index (κ3) is 1.45. The van der Waals surface area contributed by atoms with Crippen LogP contribution in [0.15, 0.2) is 0 Å². The summed E-state index contributed by atoms with van der Waals surface area (Å²) >= 11 is 0. The van der Waals surface area contributed by atoms with Gasteiger partial charge in [-0.25, -0.2) is 8.51 Å². The highest BCUT2D eigenvalue weighted by Gasteiger charge is 2.49. The molecule has 1 saturated carbocycles. The summed E-state index contributed by atoms with van der Waals surface area (Å²) in [5.41, 5.74) is 6.16. The Balaban J connectivity index is 2.13. The molecule has 3 unspecified atom stereocenters. The van der Waals surface area contributed by atoms with E-state index in [0.29, 0.717) is 11.3 Å². The van der Waals surface area contributed by atoms with Gasteiger partial charge in [-0.05, 0) is 25.3 Å². The Labute approximate surface area is 82.3 Å². The second kappa shape index (κ2) is 3.33. The van der Waals surface area contributed by atoms with E-state index in [4.69, 9.17) is 5.73 Å². The van der Waals surface area contributed by atoms with Crippen molar-refractivity contribution in [3.05, 3.63) is 0 Å². The highest BCUT2D eigenvalue weighted by molar-refractivity contribution is 7.81. The molecule has 0 aromatic heterocycles. The number of hydrogen-bond acceptors (Lipinski definition) is 2. The zero-order valence-corrected chi connectivity index (χ0v) is 8.98. The molecule has 0 bridgehead atoms. The van der Waals surface area contributed by atoms with Gasteiger partial charge in [0, 0.05) is 24.8 Å². The van der Waals surface area contributed by atoms with Crippen molar-refractivity contribution in [3.63, 3.8) is 0 Å². The summed E-state index contributed by atoms with van der Waals surface area (Å²) in [6.07, 6.45) is 5.60. The minimum Gasteiger partial charge on any atom is -0.330 e. The van der Waals surface area contributed by atoms with E-state index in [1.54, 1.807) is 6.26 Å². The number of fused-ring (bicyclic) bond motifs is 1. The van der Waals surface area contributed by atoms with Crippen molar-refractivity contribution in [2.75, 3.05) is 25.9 Å². The molecule has 2 fully saturated rings. The van der Waals surface area contributed by atoms with Crippen LogP contribution in [-0.2, 0) is 11.0 Å². The van der Waals surface area contributed by atoms with Crippen molar-refractivity contribution < 1.29 is 4.21 Å². The predicted octanol–water partition coefficient (Wildman–Crippen LogP) is 0.341. The zero-order valence-electron chi connectivity index (χ0n) is 8.16. The Bertz CT molecular complexity index is 234. The summed E-state index contributed by atoms with van der Waals surface area (Å²) in [6.45, 7) is 2.73. The maximum Gasteiger partial charge on any atom is 0.0911 e. The number of nitrogens with zero attached hydrogens (tertiary/aromatic N) is 1. The highest BCUT2D eigenvalue weighted by atomic mass is 32.2. The molecule has 0 radical (unpaired) electrons. The quantitative estimate of drug-likeness (QED) is 0.702. The SMILES string of the molecule is CS(=O)N1CC2CCCC2(CN)C1. The molecule has 3 atom stereocenters. The van der Waals surface area contributed by atoms with Crippen LogP contribution in [0, 0.1) is 11.3 Å². The Hall–Kier alpha value is 0.0700. The van der Waals surface area contributed by atoms with Gasteiger partial charge in [0.15, 0.2) is 0 Å². The van der Waals surface area contributed by atoms with Crippen molar-refractivity contribution in [1.29, 1.82) is 0 Å². The second-order valence-electron chi connectivity index (χ2n) is 4.40. The van der Waals surface area contributed by atoms with Gasteiger partial charge in [0.1, 0.15) is 0 Å². The summed E-state index contributed by atoms with van der Waals surface area (Å²) in [5.74, 6) is 0.710. The first-order valence-electron chi connectivity index (χ1n) is 4.96. The van der Waals surface area contributed by atoms with Gasteiger partial charge < -0.3 is 5.73 Å². The largest absolute Gasteiger partial charge is 0.330 e. The first kappa shape index (κ1) is 9.62. The first-order chi connectivity index (χ1) is 6.18. The molecule has 1 heterocycles. The van der Waals surface area contributed by atoms with Gasteiger partial charge in [0.2, 0.25) is 0 Å². The van der Waals surface area contributed by atoms with Crippen molar-refractivity contribution in [2.45, 2.75) is 19.3 Å². The van der Waals surface area contributed by atoms with Crippen molar-refractivity contribution in [3.8, 4) is 0 Å². The summed E-state index contributed by atoms with van der Waals surface area (Å²) < 4.78 is 13.4. The molecule has 0 spiro atoms. The van der Waals surface area contributed by atoms with Gasteiger partial charge in [-0.2, -0.15) is 0 Å². The Morgan fingerprint density at radius 1 is 1.69 bits per heavy atom. The smallest absolute Gasteiger partial charge is 0.0911 e. The molecule has 0 aromatic carbocycles. The van der Waals surface area contributed by atoms with E-state index >= 15 is 0 Å². The maximum atomic E-state index is 11.3. The zero-order chi connectivity index (χ0) is 9.47. The van der Waals surface area contributed by atoms with Gasteiger partial charge in [0.05, 0.1) is 11.0 Å². The molecule has 1 saturated heterocycles. The first-order valence-corrected chi connectivity index (χ1v) is 6.48. The number of rotatable bonds is 2. The molecule has 0 amide bonds. The molecule has 2 aliphatic rings. The van der Waals surface area contributed by atoms with E-state index in [1.165, 1.54) is 19.3 Å². The van der Waals surface area contributed by atoms with Gasteiger partial charge >= 0.3 is 0 Å². The van der Waals surface area contributed by atoms with E-state index < -0.39 is 11.0 Å². The molecule has 13 heavy (non-hydrogen) atoms. The molecule has 2 rings (SSSR count). The van der Waals surface area contributed by atoms with E-state index in [9.17, 15) is 4.21 Å². The van der Waals surface area contributed by atoms with Crippen LogP contribution in [0.3, 0.4) is 0 Å². The van der Waals surface area contributed by atoms with Crippen LogP contribution in [0.1, 0.15) is 19.3 Å². The monoisotopic (exact) mass is 202 g/mol. The van der Waals surface area contributed by atoms with Crippen LogP contribution in [0.4, 0.5) is 0 Å². The molecule has 76 valence electrons. The average molecular weight is 202 g/mol. The molecular weight excluding hydrogens is 184 g/mol. The van der Waals surface area contributed by atoms with Crippen LogP contribution >= 0.6 is 0 Å². The standard InChI is InChI=1S/C9H18N2OS/c1-13(12)11-5-8-3-2-4-9(8,6-10)7-11/h8H,2-7,10H2,1H3. The lowest BCUT2D eigenvalue weighted by Gasteiger charge is -2.26. The van der Waals surface area contributed by atoms with Crippen molar-refractivity contribution in [1.82, 2.24) is 4.31 Å². The second-order valence-corrected chi connectivity index (χ2v) is 5.77. The van der Waals surface area contributed by atoms with E-state index in [2.05, 4.69) is 4.31 Å². The minimum absolute atomic E-state index is 0.311. The maximum absolute atomic E-state index is 11.3. The summed E-state index contributed by atoms with van der Waals surface area (Å²) in [7, 11) is -0.800. The van der Waals surface area contributed by atoms with Crippen LogP contribution in [0.2, 0.25) is 0 Å². The fourth-order valence-corrected chi connectivity index (χ4v) is 3.72. The number of hydrogen-bond donors (Lipinski definition) is 1. The highest BCUT2D eigenvalue weighted by Crippen LogP contribution is 2.48. The van der Waals surface area contributed by atoms with E-state index in [1.807, 2.05) is 0 Å². The summed E-state index contributed by atoms with van der Waals surface area (Å²) in [4.78, 5) is 0. The lowest BCUT2D eigenvalue weighted by atomic mass is 9.81. The molecule has 0 aromatic rings. The van der Waals surface area contributed by atoms with Gasteiger partial charge in [-0.3, -0.25) is 0 Å². The predicted molar refractivity (Wildman–Crippen MR) is 54.5 cm³/mol. The van der Waals surface area contributed by atoms with Gasteiger partial charge in [0.25, 0.3) is 0 Å². The molecular formula is C9H18N2OS. The average Bonchev–Trinajstić information content (AvgIpc) is 2.58. The molecule has 2 N–H and O–H groups in total. The van der Waals surface area contributed by atoms with Crippen LogP contribution in [-0.4, -0.2) is 34.4 Å². The Morgan fingerprint density at radius 2 is 2.46 bits per heavy atom. The van der Waals surface area contributed by atoms with Crippen LogP contribution < -0.4 is 5.73 Å². The fraction of sp³-hybridized carbons (Fsp3) is 1.00. The third-order valence-corrected chi connectivity index (χ3v) is 4.78. The van der Waals surface area contributed by atoms with Crippen LogP contribution in [0.5, 0.6) is 0 Å². The summed E-state index contributed by atoms with van der Waals surface area (Å²) in [6, 6.07) is 0. The third-order valence-electron chi connectivity index (χ3n) is 3.78. The molecule has 1 aliphatic heterocycles. The van der Waals surface area contributed by atoms with Crippen LogP contribution in [0.25, 0.3) is 0 Å². The van der Waals surface area contributed by atoms with Crippen molar-refractivity contribution >= 4 is 11.0 Å². The lowest BCUT2D eigenvalue weighted by Crippen LogP contribution is -2.35. The van der Waals surface area contributed by atoms with E-state index in [0.717, 1.165) is 19.6 Å². The van der Waals surface area contributed by atoms with E-state index in [-0.39, 0.29) is 0 Å². The normalized spacial score (nSPS) is 42.2. The summed E-state index contributed by atoms with van der Waals surface area (Å²) in [5, 5.41) is 0. The fourth-order valence-electron chi connectivity index (χ4n) is 2.89. The Kier molecular flexibility index (Phi) is 2.47. The minimum atomic E-state index is -0.800. The molecule has 4 heteroatoms. The molecule has 3 nitrogen and oxygen atoms in total.